The quantitative estimate of drug-likeness (QED) is 0.650. The van der Waals surface area contributed by atoms with E-state index < -0.39 is 0 Å². The number of rotatable bonds is 3. The maximum Gasteiger partial charge on any atom is 0.274 e. The Morgan fingerprint density at radius 1 is 1.75 bits per heavy atom. The molecule has 1 aromatic heterocycles. The molecule has 4 N–H and O–H groups in total. The van der Waals surface area contributed by atoms with Gasteiger partial charge in [0.05, 0.1) is 17.4 Å². The molecule has 0 spiro atoms. The van der Waals surface area contributed by atoms with Crippen molar-refractivity contribution in [3.8, 4) is 12.3 Å². The highest BCUT2D eigenvalue weighted by molar-refractivity contribution is 5.98. The molecule has 0 radical (unpaired) electrons. The largest absolute Gasteiger partial charge is 0.395 e. The molecular weight excluding hydrogens is 204 g/mol. The Morgan fingerprint density at radius 2 is 2.44 bits per heavy atom. The van der Waals surface area contributed by atoms with E-state index in [0.717, 1.165) is 18.5 Å². The van der Waals surface area contributed by atoms with Gasteiger partial charge >= 0.3 is 0 Å². The second kappa shape index (κ2) is 3.89. The smallest absolute Gasteiger partial charge is 0.274 e. The second-order valence-corrected chi connectivity index (χ2v) is 4.04. The molecule has 1 aliphatic carbocycles. The molecule has 0 bridgehead atoms. The summed E-state index contributed by atoms with van der Waals surface area (Å²) in [7, 11) is 0. The van der Waals surface area contributed by atoms with Gasteiger partial charge in [-0.25, -0.2) is 0 Å². The van der Waals surface area contributed by atoms with E-state index in [9.17, 15) is 4.79 Å². The van der Waals surface area contributed by atoms with Crippen LogP contribution in [0.5, 0.6) is 0 Å². The van der Waals surface area contributed by atoms with Crippen LogP contribution < -0.4 is 11.1 Å². The van der Waals surface area contributed by atoms with Crippen molar-refractivity contribution < 1.29 is 4.79 Å². The van der Waals surface area contributed by atoms with Crippen molar-refractivity contribution in [1.82, 2.24) is 15.5 Å². The number of amides is 1. The number of nitrogens with zero attached hydrogens (tertiary/aromatic N) is 1. The van der Waals surface area contributed by atoms with Gasteiger partial charge in [0.2, 0.25) is 0 Å². The van der Waals surface area contributed by atoms with Crippen LogP contribution in [0.1, 0.15) is 41.9 Å². The van der Waals surface area contributed by atoms with Gasteiger partial charge in [-0.3, -0.25) is 9.89 Å². The van der Waals surface area contributed by atoms with E-state index in [1.54, 1.807) is 6.92 Å². The lowest BCUT2D eigenvalue weighted by Gasteiger charge is -2.05. The van der Waals surface area contributed by atoms with Crippen molar-refractivity contribution in [2.24, 2.45) is 0 Å². The number of nitrogen functional groups attached to an aromatic ring is 1. The third kappa shape index (κ3) is 1.87. The monoisotopic (exact) mass is 218 g/mol. The van der Waals surface area contributed by atoms with Gasteiger partial charge in [0.1, 0.15) is 0 Å². The molecule has 1 fully saturated rings. The van der Waals surface area contributed by atoms with E-state index in [-0.39, 0.29) is 17.6 Å². The Hall–Kier alpha value is -1.96. The summed E-state index contributed by atoms with van der Waals surface area (Å²) in [5, 5.41) is 9.38. The molecule has 0 aromatic carbocycles. The molecule has 1 saturated carbocycles. The minimum Gasteiger partial charge on any atom is -0.395 e. The van der Waals surface area contributed by atoms with Crippen LogP contribution in [0.3, 0.4) is 0 Å². The van der Waals surface area contributed by atoms with Gasteiger partial charge in [0, 0.05) is 5.92 Å². The first-order chi connectivity index (χ1) is 7.63. The first-order valence-electron chi connectivity index (χ1n) is 5.24. The van der Waals surface area contributed by atoms with Crippen LogP contribution in [0.4, 0.5) is 5.69 Å². The van der Waals surface area contributed by atoms with E-state index in [2.05, 4.69) is 21.4 Å². The molecule has 84 valence electrons. The lowest BCUT2D eigenvalue weighted by atomic mass is 10.2. The summed E-state index contributed by atoms with van der Waals surface area (Å²) in [5.41, 5.74) is 7.42. The lowest BCUT2D eigenvalue weighted by Crippen LogP contribution is -2.32. The van der Waals surface area contributed by atoms with Gasteiger partial charge in [0.25, 0.3) is 5.91 Å². The molecule has 2 rings (SSSR count). The van der Waals surface area contributed by atoms with Crippen LogP contribution in [0, 0.1) is 12.3 Å². The standard InChI is InChI=1S/C11H14N4O/c1-3-6(2)13-11(16)10-8(12)9(14-15-10)7-4-5-7/h1,6-7H,4-5,12H2,2H3,(H,13,16)(H,14,15). The maximum absolute atomic E-state index is 11.7. The Bertz CT molecular complexity index is 453. The Kier molecular flexibility index (Phi) is 2.57. The van der Waals surface area contributed by atoms with Crippen LogP contribution in [0.2, 0.25) is 0 Å². The SMILES string of the molecule is C#CC(C)NC(=O)c1n[nH]c(C2CC2)c1N. The molecule has 16 heavy (non-hydrogen) atoms. The number of carbonyl (C=O) groups excluding carboxylic acids is 1. The molecular formula is C11H14N4O. The van der Waals surface area contributed by atoms with Crippen LogP contribution in [0.25, 0.3) is 0 Å². The van der Waals surface area contributed by atoms with Gasteiger partial charge in [0.15, 0.2) is 5.69 Å². The third-order valence-electron chi connectivity index (χ3n) is 2.63. The molecule has 1 unspecified atom stereocenters. The van der Waals surface area contributed by atoms with Crippen LogP contribution in [-0.2, 0) is 0 Å². The van der Waals surface area contributed by atoms with Gasteiger partial charge in [-0.2, -0.15) is 5.10 Å². The zero-order chi connectivity index (χ0) is 11.7. The average Bonchev–Trinajstić information content (AvgIpc) is 3.02. The fraction of sp³-hybridized carbons (Fsp3) is 0.455. The Labute approximate surface area is 93.8 Å². The Balaban J connectivity index is 2.14. The lowest BCUT2D eigenvalue weighted by molar-refractivity contribution is 0.0944. The van der Waals surface area contributed by atoms with Gasteiger partial charge in [-0.15, -0.1) is 6.42 Å². The zero-order valence-electron chi connectivity index (χ0n) is 9.08. The molecule has 5 nitrogen and oxygen atoms in total. The molecule has 1 aromatic rings. The van der Waals surface area contributed by atoms with Gasteiger partial charge < -0.3 is 11.1 Å². The number of hydrogen-bond acceptors (Lipinski definition) is 3. The van der Waals surface area contributed by atoms with Crippen molar-refractivity contribution in [1.29, 1.82) is 0 Å². The number of nitrogens with one attached hydrogen (secondary N) is 2. The molecule has 1 heterocycles. The Morgan fingerprint density at radius 3 is 3.00 bits per heavy atom. The van der Waals surface area contributed by atoms with E-state index in [0.29, 0.717) is 11.6 Å². The fourth-order valence-electron chi connectivity index (χ4n) is 1.53. The molecule has 1 atom stereocenters. The van der Waals surface area contributed by atoms with E-state index >= 15 is 0 Å². The number of aromatic amines is 1. The number of H-pyrrole nitrogens is 1. The summed E-state index contributed by atoms with van der Waals surface area (Å²) < 4.78 is 0. The topological polar surface area (TPSA) is 83.8 Å². The van der Waals surface area contributed by atoms with Gasteiger partial charge in [-0.05, 0) is 19.8 Å². The van der Waals surface area contributed by atoms with E-state index in [1.807, 2.05) is 0 Å². The number of terminal acetylenes is 1. The normalized spacial score (nSPS) is 16.5. The van der Waals surface area contributed by atoms with Crippen molar-refractivity contribution in [3.63, 3.8) is 0 Å². The summed E-state index contributed by atoms with van der Waals surface area (Å²) >= 11 is 0. The molecule has 1 aliphatic rings. The third-order valence-corrected chi connectivity index (χ3v) is 2.63. The highest BCUT2D eigenvalue weighted by atomic mass is 16.2. The molecule has 0 aliphatic heterocycles. The van der Waals surface area contributed by atoms with Crippen molar-refractivity contribution in [2.45, 2.75) is 31.7 Å². The number of aromatic nitrogens is 2. The number of nitrogens with two attached hydrogens (primary N) is 1. The molecule has 0 saturated heterocycles. The van der Waals surface area contributed by atoms with Crippen LogP contribution in [0.15, 0.2) is 0 Å². The first-order valence-corrected chi connectivity index (χ1v) is 5.24. The predicted molar refractivity (Wildman–Crippen MR) is 60.7 cm³/mol. The maximum atomic E-state index is 11.7. The van der Waals surface area contributed by atoms with Crippen molar-refractivity contribution in [3.05, 3.63) is 11.4 Å². The van der Waals surface area contributed by atoms with Crippen molar-refractivity contribution in [2.75, 3.05) is 5.73 Å². The second-order valence-electron chi connectivity index (χ2n) is 4.04. The molecule has 5 heteroatoms. The minimum atomic E-state index is -0.328. The summed E-state index contributed by atoms with van der Waals surface area (Å²) in [6.07, 6.45) is 7.39. The summed E-state index contributed by atoms with van der Waals surface area (Å²) in [5.74, 6) is 2.53. The van der Waals surface area contributed by atoms with Crippen LogP contribution in [-0.4, -0.2) is 22.1 Å². The fourth-order valence-corrected chi connectivity index (χ4v) is 1.53. The van der Waals surface area contributed by atoms with E-state index in [1.165, 1.54) is 0 Å². The van der Waals surface area contributed by atoms with E-state index in [4.69, 9.17) is 12.2 Å². The summed E-state index contributed by atoms with van der Waals surface area (Å²) in [6, 6.07) is -0.326. The first kappa shape index (κ1) is 10.6. The number of anilines is 1. The highest BCUT2D eigenvalue weighted by Crippen LogP contribution is 2.42. The summed E-state index contributed by atoms with van der Waals surface area (Å²) in [4.78, 5) is 11.7. The number of carbonyl (C=O) groups is 1. The average molecular weight is 218 g/mol. The molecule has 1 amide bonds. The number of hydrogen-bond donors (Lipinski definition) is 3. The van der Waals surface area contributed by atoms with Gasteiger partial charge in [-0.1, -0.05) is 5.92 Å². The zero-order valence-corrected chi connectivity index (χ0v) is 9.08. The highest BCUT2D eigenvalue weighted by Gasteiger charge is 2.30. The minimum absolute atomic E-state index is 0.240. The van der Waals surface area contributed by atoms with Crippen LogP contribution >= 0.6 is 0 Å². The summed E-state index contributed by atoms with van der Waals surface area (Å²) in [6.45, 7) is 1.72. The predicted octanol–water partition coefficient (Wildman–Crippen LogP) is 0.621. The van der Waals surface area contributed by atoms with Crippen molar-refractivity contribution >= 4 is 11.6 Å².